The van der Waals surface area contributed by atoms with E-state index in [2.05, 4.69) is 25.7 Å². The largest absolute Gasteiger partial charge is 0.507 e. The van der Waals surface area contributed by atoms with E-state index in [1.54, 1.807) is 30.2 Å². The third-order valence-corrected chi connectivity index (χ3v) is 6.89. The Morgan fingerprint density at radius 1 is 1.00 bits per heavy atom. The number of amides is 1. The topological polar surface area (TPSA) is 79.3 Å². The molecule has 1 unspecified atom stereocenters. The van der Waals surface area contributed by atoms with Gasteiger partial charge in [0.05, 0.1) is 25.3 Å². The number of aryl methyl sites for hydroxylation is 1. The fourth-order valence-corrected chi connectivity index (χ4v) is 4.63. The smallest absolute Gasteiger partial charge is 0.295 e. The van der Waals surface area contributed by atoms with Crippen molar-refractivity contribution >= 4 is 17.4 Å². The molecule has 1 heterocycles. The summed E-state index contributed by atoms with van der Waals surface area (Å²) in [6.45, 7) is 11.9. The average Bonchev–Trinajstić information content (AvgIpc) is 3.16. The van der Waals surface area contributed by atoms with E-state index in [0.29, 0.717) is 42.2 Å². The van der Waals surface area contributed by atoms with Gasteiger partial charge in [0.1, 0.15) is 5.76 Å². The number of aliphatic hydroxyl groups excluding tert-OH is 1. The lowest BCUT2D eigenvalue weighted by molar-refractivity contribution is -0.140. The lowest BCUT2D eigenvalue weighted by Crippen LogP contribution is -2.33. The first-order valence-electron chi connectivity index (χ1n) is 13.2. The molecule has 1 amide bonds. The summed E-state index contributed by atoms with van der Waals surface area (Å²) in [4.78, 5) is 30.4. The van der Waals surface area contributed by atoms with Crippen LogP contribution in [0.4, 0.5) is 0 Å². The van der Waals surface area contributed by atoms with Crippen LogP contribution in [0.25, 0.3) is 5.76 Å². The molecule has 7 nitrogen and oxygen atoms in total. The van der Waals surface area contributed by atoms with Crippen LogP contribution in [0.2, 0.25) is 0 Å². The van der Waals surface area contributed by atoms with Crippen LogP contribution in [-0.4, -0.2) is 66.5 Å². The average molecular weight is 509 g/mol. The number of carbonyl (C=O) groups is 2. The van der Waals surface area contributed by atoms with Gasteiger partial charge >= 0.3 is 0 Å². The minimum atomic E-state index is -0.725. The van der Waals surface area contributed by atoms with Crippen molar-refractivity contribution < 1.29 is 24.2 Å². The van der Waals surface area contributed by atoms with Crippen LogP contribution in [0.5, 0.6) is 11.5 Å². The third-order valence-electron chi connectivity index (χ3n) is 6.89. The summed E-state index contributed by atoms with van der Waals surface area (Å²) in [6, 6.07) is 12.0. The molecular formula is C30H40N2O5. The predicted molar refractivity (Wildman–Crippen MR) is 146 cm³/mol. The van der Waals surface area contributed by atoms with Crippen LogP contribution in [0, 0.1) is 6.92 Å². The number of benzene rings is 2. The predicted octanol–water partition coefficient (Wildman–Crippen LogP) is 5.34. The molecule has 0 bridgehead atoms. The van der Waals surface area contributed by atoms with Gasteiger partial charge < -0.3 is 24.4 Å². The molecule has 1 aliphatic heterocycles. The Morgan fingerprint density at radius 3 is 2.32 bits per heavy atom. The van der Waals surface area contributed by atoms with Gasteiger partial charge in [0.2, 0.25) is 0 Å². The Kier molecular flexibility index (Phi) is 10.1. The molecular weight excluding hydrogens is 468 g/mol. The molecule has 0 aliphatic carbocycles. The van der Waals surface area contributed by atoms with E-state index in [-0.39, 0.29) is 11.3 Å². The molecule has 7 heteroatoms. The number of Topliss-reactive ketones (excluding diaryl/α,β-unsaturated/α-hetero) is 1. The summed E-state index contributed by atoms with van der Waals surface area (Å²) >= 11 is 0. The van der Waals surface area contributed by atoms with E-state index in [4.69, 9.17) is 9.47 Å². The van der Waals surface area contributed by atoms with Gasteiger partial charge in [-0.3, -0.25) is 9.59 Å². The number of rotatable bonds is 13. The summed E-state index contributed by atoms with van der Waals surface area (Å²) in [7, 11) is 1.57. The number of hydrogen-bond donors (Lipinski definition) is 1. The quantitative estimate of drug-likeness (QED) is 0.170. The van der Waals surface area contributed by atoms with Crippen molar-refractivity contribution in [3.63, 3.8) is 0 Å². The Balaban J connectivity index is 2.05. The Labute approximate surface area is 220 Å². The summed E-state index contributed by atoms with van der Waals surface area (Å²) in [5, 5.41) is 11.3. The minimum absolute atomic E-state index is 0.0957. The first-order valence-corrected chi connectivity index (χ1v) is 13.2. The van der Waals surface area contributed by atoms with Crippen LogP contribution >= 0.6 is 0 Å². The normalized spacial score (nSPS) is 17.0. The number of unbranched alkanes of at least 4 members (excludes halogenated alkanes) is 1. The van der Waals surface area contributed by atoms with Gasteiger partial charge in [0.25, 0.3) is 11.7 Å². The molecule has 1 N–H and O–H groups in total. The van der Waals surface area contributed by atoms with Gasteiger partial charge in [-0.2, -0.15) is 0 Å². The van der Waals surface area contributed by atoms with Crippen LogP contribution in [0.3, 0.4) is 0 Å². The number of carbonyl (C=O) groups excluding carboxylic acids is 2. The second-order valence-electron chi connectivity index (χ2n) is 9.35. The van der Waals surface area contributed by atoms with Crippen LogP contribution in [0.1, 0.15) is 62.8 Å². The number of ketones is 1. The minimum Gasteiger partial charge on any atom is -0.507 e. The highest BCUT2D eigenvalue weighted by molar-refractivity contribution is 6.46. The first-order chi connectivity index (χ1) is 17.9. The van der Waals surface area contributed by atoms with E-state index < -0.39 is 17.7 Å². The SMILES string of the molecule is CCCCOc1ccc(C2/C(=C(\O)c3ccc(C)cc3)C(=O)C(=O)N2CCCN(CC)CC)cc1OC. The van der Waals surface area contributed by atoms with Crippen LogP contribution < -0.4 is 9.47 Å². The molecule has 1 saturated heterocycles. The van der Waals surface area contributed by atoms with Crippen LogP contribution in [0.15, 0.2) is 48.0 Å². The second-order valence-corrected chi connectivity index (χ2v) is 9.35. The van der Waals surface area contributed by atoms with Crippen LogP contribution in [-0.2, 0) is 9.59 Å². The lowest BCUT2D eigenvalue weighted by Gasteiger charge is -2.27. The number of methoxy groups -OCH3 is 1. The fraction of sp³-hybridized carbons (Fsp3) is 0.467. The number of likely N-dealkylation sites (tertiary alicyclic amines) is 1. The number of hydrogen-bond acceptors (Lipinski definition) is 6. The van der Waals surface area contributed by atoms with Crippen molar-refractivity contribution in [3.05, 3.63) is 64.7 Å². The molecule has 1 aliphatic rings. The maximum absolute atomic E-state index is 13.3. The zero-order chi connectivity index (χ0) is 26.9. The zero-order valence-electron chi connectivity index (χ0n) is 22.8. The molecule has 1 atom stereocenters. The lowest BCUT2D eigenvalue weighted by atomic mass is 9.94. The summed E-state index contributed by atoms with van der Waals surface area (Å²) in [5.41, 5.74) is 2.32. The molecule has 1 fully saturated rings. The first kappa shape index (κ1) is 28.3. The van der Waals surface area contributed by atoms with Crippen molar-refractivity contribution in [2.45, 2.75) is 53.0 Å². The van der Waals surface area contributed by atoms with Gasteiger partial charge in [0, 0.05) is 12.1 Å². The summed E-state index contributed by atoms with van der Waals surface area (Å²) < 4.78 is 11.5. The standard InChI is InChI=1S/C30H40N2O5/c1-6-9-19-37-24-16-15-23(20-25(24)36-5)27-26(28(33)22-13-11-21(4)12-14-22)29(34)30(35)32(27)18-10-17-31(7-2)8-3/h11-16,20,27,33H,6-10,17-19H2,1-5H3/b28-26+. The van der Waals surface area contributed by atoms with Crippen molar-refractivity contribution in [1.82, 2.24) is 9.80 Å². The van der Waals surface area contributed by atoms with E-state index in [0.717, 1.165) is 38.0 Å². The summed E-state index contributed by atoms with van der Waals surface area (Å²) in [5.74, 6) is -0.306. The highest BCUT2D eigenvalue weighted by Crippen LogP contribution is 2.42. The molecule has 0 saturated carbocycles. The van der Waals surface area contributed by atoms with Gasteiger partial charge in [-0.15, -0.1) is 0 Å². The molecule has 3 rings (SSSR count). The highest BCUT2D eigenvalue weighted by Gasteiger charge is 2.46. The third kappa shape index (κ3) is 6.52. The number of ether oxygens (including phenoxy) is 2. The van der Waals surface area contributed by atoms with E-state index in [1.807, 2.05) is 31.2 Å². The van der Waals surface area contributed by atoms with Crippen molar-refractivity contribution in [1.29, 1.82) is 0 Å². The molecule has 200 valence electrons. The number of nitrogens with zero attached hydrogens (tertiary/aromatic N) is 2. The highest BCUT2D eigenvalue weighted by atomic mass is 16.5. The van der Waals surface area contributed by atoms with E-state index in [9.17, 15) is 14.7 Å². The fourth-order valence-electron chi connectivity index (χ4n) is 4.63. The molecule has 2 aromatic rings. The van der Waals surface area contributed by atoms with Gasteiger partial charge in [-0.05, 0) is 57.1 Å². The summed E-state index contributed by atoms with van der Waals surface area (Å²) in [6.07, 6.45) is 2.65. The molecule has 0 aromatic heterocycles. The van der Waals surface area contributed by atoms with Gasteiger partial charge in [-0.25, -0.2) is 0 Å². The van der Waals surface area contributed by atoms with Crippen molar-refractivity contribution in [3.8, 4) is 11.5 Å². The monoisotopic (exact) mass is 508 g/mol. The Morgan fingerprint density at radius 2 is 1.70 bits per heavy atom. The molecule has 0 radical (unpaired) electrons. The van der Waals surface area contributed by atoms with Gasteiger partial charge in [-0.1, -0.05) is 63.1 Å². The molecule has 0 spiro atoms. The maximum Gasteiger partial charge on any atom is 0.295 e. The zero-order valence-corrected chi connectivity index (χ0v) is 22.8. The van der Waals surface area contributed by atoms with Crippen molar-refractivity contribution in [2.24, 2.45) is 0 Å². The molecule has 2 aromatic carbocycles. The van der Waals surface area contributed by atoms with E-state index >= 15 is 0 Å². The van der Waals surface area contributed by atoms with Crippen molar-refractivity contribution in [2.75, 3.05) is 39.9 Å². The number of aliphatic hydroxyl groups is 1. The molecule has 37 heavy (non-hydrogen) atoms. The van der Waals surface area contributed by atoms with E-state index in [1.165, 1.54) is 0 Å². The Hall–Kier alpha value is -3.32. The second kappa shape index (κ2) is 13.3. The maximum atomic E-state index is 13.3. The van der Waals surface area contributed by atoms with Gasteiger partial charge in [0.15, 0.2) is 11.5 Å². The Bertz CT molecular complexity index is 1110.